The van der Waals surface area contributed by atoms with Crippen molar-refractivity contribution in [2.75, 3.05) is 26.9 Å². The first-order valence-electron chi connectivity index (χ1n) is 7.15. The van der Waals surface area contributed by atoms with Gasteiger partial charge in [-0.25, -0.2) is 0 Å². The first-order chi connectivity index (χ1) is 10.2. The fourth-order valence-corrected chi connectivity index (χ4v) is 1.88. The molecular weight excluding hydrogens is 272 g/mol. The van der Waals surface area contributed by atoms with Crippen molar-refractivity contribution in [2.45, 2.75) is 27.1 Å². The summed E-state index contributed by atoms with van der Waals surface area (Å²) in [5.41, 5.74) is 0.464. The summed E-state index contributed by atoms with van der Waals surface area (Å²) in [7, 11) is 1.56. The van der Waals surface area contributed by atoms with E-state index in [0.717, 1.165) is 6.29 Å². The van der Waals surface area contributed by atoms with Crippen LogP contribution in [0.3, 0.4) is 0 Å². The Bertz CT molecular complexity index is 427. The molecule has 5 heteroatoms. The molecule has 0 N–H and O–H groups in total. The summed E-state index contributed by atoms with van der Waals surface area (Å²) in [4.78, 5) is 11.1. The van der Waals surface area contributed by atoms with Crippen LogP contribution in [0, 0.1) is 5.92 Å². The summed E-state index contributed by atoms with van der Waals surface area (Å²) >= 11 is 0. The van der Waals surface area contributed by atoms with E-state index in [-0.39, 0.29) is 12.2 Å². The molecular formula is C16H24O5. The second-order valence-electron chi connectivity index (χ2n) is 4.59. The Balaban J connectivity index is 2.66. The number of carbonyl (C=O) groups is 1. The minimum Gasteiger partial charge on any atom is -0.497 e. The smallest absolute Gasteiger partial charge is 0.163 e. The Labute approximate surface area is 126 Å². The summed E-state index contributed by atoms with van der Waals surface area (Å²) in [6.45, 7) is 7.40. The summed E-state index contributed by atoms with van der Waals surface area (Å²) < 4.78 is 21.9. The van der Waals surface area contributed by atoms with E-state index < -0.39 is 0 Å². The second-order valence-corrected chi connectivity index (χ2v) is 4.59. The number of methoxy groups -OCH3 is 1. The molecule has 0 spiro atoms. The van der Waals surface area contributed by atoms with Crippen molar-refractivity contribution in [1.29, 1.82) is 0 Å². The molecule has 0 saturated carbocycles. The molecule has 0 aliphatic rings. The monoisotopic (exact) mass is 296 g/mol. The van der Waals surface area contributed by atoms with Crippen LogP contribution in [0.25, 0.3) is 0 Å². The molecule has 1 aromatic carbocycles. The Morgan fingerprint density at radius 2 is 1.86 bits per heavy atom. The van der Waals surface area contributed by atoms with Gasteiger partial charge in [-0.3, -0.25) is 4.79 Å². The van der Waals surface area contributed by atoms with Crippen LogP contribution in [0.2, 0.25) is 0 Å². The minimum atomic E-state index is -0.307. The van der Waals surface area contributed by atoms with Crippen LogP contribution in [-0.2, 0) is 9.47 Å². The lowest BCUT2D eigenvalue weighted by Crippen LogP contribution is -2.29. The number of ether oxygens (including phenoxy) is 4. The number of aldehydes is 1. The molecule has 0 heterocycles. The van der Waals surface area contributed by atoms with Crippen molar-refractivity contribution in [3.05, 3.63) is 23.8 Å². The highest BCUT2D eigenvalue weighted by Gasteiger charge is 2.19. The molecule has 0 fully saturated rings. The van der Waals surface area contributed by atoms with Gasteiger partial charge >= 0.3 is 0 Å². The fourth-order valence-electron chi connectivity index (χ4n) is 1.88. The highest BCUT2D eigenvalue weighted by atomic mass is 16.7. The summed E-state index contributed by atoms with van der Waals surface area (Å²) in [5, 5.41) is 0. The van der Waals surface area contributed by atoms with Crippen LogP contribution in [0.15, 0.2) is 18.2 Å². The zero-order chi connectivity index (χ0) is 15.7. The zero-order valence-corrected chi connectivity index (χ0v) is 13.1. The first kappa shape index (κ1) is 17.5. The van der Waals surface area contributed by atoms with Crippen molar-refractivity contribution in [2.24, 2.45) is 5.92 Å². The molecule has 5 nitrogen and oxygen atoms in total. The molecule has 118 valence electrons. The van der Waals surface area contributed by atoms with E-state index in [1.165, 1.54) is 0 Å². The van der Waals surface area contributed by atoms with Crippen molar-refractivity contribution < 1.29 is 23.7 Å². The van der Waals surface area contributed by atoms with Crippen molar-refractivity contribution >= 4 is 6.29 Å². The minimum absolute atomic E-state index is 0.0477. The Morgan fingerprint density at radius 3 is 2.38 bits per heavy atom. The molecule has 1 atom stereocenters. The van der Waals surface area contributed by atoms with E-state index in [1.54, 1.807) is 25.3 Å². The summed E-state index contributed by atoms with van der Waals surface area (Å²) in [6, 6.07) is 5.14. The average molecular weight is 296 g/mol. The van der Waals surface area contributed by atoms with Gasteiger partial charge in [0.25, 0.3) is 0 Å². The number of carbonyl (C=O) groups excluding carboxylic acids is 1. The number of hydrogen-bond donors (Lipinski definition) is 0. The lowest BCUT2D eigenvalue weighted by molar-refractivity contribution is -0.168. The SMILES string of the molecule is CCOC(OCC)C(C)COc1ccc(OC)cc1C=O. The van der Waals surface area contributed by atoms with Crippen LogP contribution >= 0.6 is 0 Å². The van der Waals surface area contributed by atoms with Gasteiger partial charge in [0.2, 0.25) is 0 Å². The molecule has 1 unspecified atom stereocenters. The number of hydrogen-bond acceptors (Lipinski definition) is 5. The van der Waals surface area contributed by atoms with Gasteiger partial charge in [-0.15, -0.1) is 0 Å². The normalized spacial score (nSPS) is 12.2. The molecule has 0 saturated heterocycles. The van der Waals surface area contributed by atoms with E-state index in [9.17, 15) is 4.79 Å². The van der Waals surface area contributed by atoms with Crippen LogP contribution in [0.4, 0.5) is 0 Å². The third-order valence-corrected chi connectivity index (χ3v) is 2.97. The van der Waals surface area contributed by atoms with Gasteiger partial charge in [-0.05, 0) is 32.0 Å². The van der Waals surface area contributed by atoms with E-state index in [0.29, 0.717) is 36.9 Å². The molecule has 0 amide bonds. The Hall–Kier alpha value is -1.59. The summed E-state index contributed by atoms with van der Waals surface area (Å²) in [6.07, 6.45) is 0.448. The third-order valence-electron chi connectivity index (χ3n) is 2.97. The standard InChI is InChI=1S/C16H24O5/c1-5-19-16(20-6-2)12(3)11-21-15-8-7-14(18-4)9-13(15)10-17/h7-10,12,16H,5-6,11H2,1-4H3. The molecule has 21 heavy (non-hydrogen) atoms. The van der Waals surface area contributed by atoms with Crippen molar-refractivity contribution in [3.8, 4) is 11.5 Å². The predicted octanol–water partition coefficient (Wildman–Crippen LogP) is 2.92. The largest absolute Gasteiger partial charge is 0.497 e. The van der Waals surface area contributed by atoms with Gasteiger partial charge in [-0.1, -0.05) is 6.92 Å². The van der Waals surface area contributed by atoms with E-state index in [1.807, 2.05) is 20.8 Å². The molecule has 0 aliphatic carbocycles. The van der Waals surface area contributed by atoms with Gasteiger partial charge in [0.1, 0.15) is 11.5 Å². The van der Waals surface area contributed by atoms with Crippen LogP contribution < -0.4 is 9.47 Å². The Morgan fingerprint density at radius 1 is 1.19 bits per heavy atom. The maximum Gasteiger partial charge on any atom is 0.163 e. The van der Waals surface area contributed by atoms with Crippen molar-refractivity contribution in [1.82, 2.24) is 0 Å². The van der Waals surface area contributed by atoms with Gasteiger partial charge < -0.3 is 18.9 Å². The van der Waals surface area contributed by atoms with E-state index in [4.69, 9.17) is 18.9 Å². The third kappa shape index (κ3) is 5.36. The van der Waals surface area contributed by atoms with Crippen LogP contribution in [0.1, 0.15) is 31.1 Å². The van der Waals surface area contributed by atoms with E-state index in [2.05, 4.69) is 0 Å². The highest BCUT2D eigenvalue weighted by Crippen LogP contribution is 2.23. The molecule has 0 aliphatic heterocycles. The first-order valence-corrected chi connectivity index (χ1v) is 7.15. The number of rotatable bonds is 10. The van der Waals surface area contributed by atoms with Gasteiger partial charge in [0, 0.05) is 19.1 Å². The van der Waals surface area contributed by atoms with Gasteiger partial charge in [0.15, 0.2) is 12.6 Å². The Kier molecular flexibility index (Phi) is 7.79. The molecule has 0 radical (unpaired) electrons. The second kappa shape index (κ2) is 9.37. The predicted molar refractivity (Wildman–Crippen MR) is 80.1 cm³/mol. The van der Waals surface area contributed by atoms with Crippen LogP contribution in [-0.4, -0.2) is 39.5 Å². The number of benzene rings is 1. The fraction of sp³-hybridized carbons (Fsp3) is 0.562. The quantitative estimate of drug-likeness (QED) is 0.491. The lowest BCUT2D eigenvalue weighted by atomic mass is 10.1. The molecule has 0 bridgehead atoms. The summed E-state index contributed by atoms with van der Waals surface area (Å²) in [5.74, 6) is 1.20. The van der Waals surface area contributed by atoms with Crippen molar-refractivity contribution in [3.63, 3.8) is 0 Å². The van der Waals surface area contributed by atoms with E-state index >= 15 is 0 Å². The maximum absolute atomic E-state index is 11.1. The van der Waals surface area contributed by atoms with Gasteiger partial charge in [-0.2, -0.15) is 0 Å². The molecule has 1 rings (SSSR count). The molecule has 1 aromatic rings. The van der Waals surface area contributed by atoms with Gasteiger partial charge in [0.05, 0.1) is 19.3 Å². The zero-order valence-electron chi connectivity index (χ0n) is 13.1. The topological polar surface area (TPSA) is 54.0 Å². The average Bonchev–Trinajstić information content (AvgIpc) is 2.52. The highest BCUT2D eigenvalue weighted by molar-refractivity contribution is 5.80. The maximum atomic E-state index is 11.1. The van der Waals surface area contributed by atoms with Crippen LogP contribution in [0.5, 0.6) is 11.5 Å². The lowest BCUT2D eigenvalue weighted by Gasteiger charge is -2.24. The molecule has 0 aromatic heterocycles.